The van der Waals surface area contributed by atoms with Gasteiger partial charge in [0.25, 0.3) is 5.69 Å². The molecule has 5 rings (SSSR count). The Morgan fingerprint density at radius 2 is 1.45 bits per heavy atom. The lowest BCUT2D eigenvalue weighted by Crippen LogP contribution is -1.97. The molecule has 0 aliphatic rings. The first-order valence-electron chi connectivity index (χ1n) is 9.82. The second kappa shape index (κ2) is 7.85. The number of nitrogens with zero attached hydrogens (tertiary/aromatic N) is 2. The Balaban J connectivity index is 1.80. The molecule has 0 saturated heterocycles. The van der Waals surface area contributed by atoms with E-state index in [4.69, 9.17) is 0 Å². The van der Waals surface area contributed by atoms with Gasteiger partial charge in [0, 0.05) is 21.6 Å². The van der Waals surface area contributed by atoms with Crippen LogP contribution in [0, 0.1) is 10.1 Å². The van der Waals surface area contributed by atoms with Crippen molar-refractivity contribution in [2.45, 2.75) is 0 Å². The number of para-hydroxylation sites is 1. The predicted octanol–water partition coefficient (Wildman–Crippen LogP) is 7.64. The van der Waals surface area contributed by atoms with Gasteiger partial charge in [0.05, 0.1) is 21.7 Å². The molecule has 0 radical (unpaired) electrons. The molecule has 0 bridgehead atoms. The Morgan fingerprint density at radius 3 is 2.16 bits per heavy atom. The van der Waals surface area contributed by atoms with E-state index in [9.17, 15) is 10.1 Å². The molecule has 0 saturated carbocycles. The van der Waals surface area contributed by atoms with E-state index in [0.29, 0.717) is 5.56 Å². The summed E-state index contributed by atoms with van der Waals surface area (Å²) in [6.07, 6.45) is 0. The highest BCUT2D eigenvalue weighted by molar-refractivity contribution is 9.10. The van der Waals surface area contributed by atoms with Crippen molar-refractivity contribution in [3.8, 4) is 28.1 Å². The van der Waals surface area contributed by atoms with Crippen molar-refractivity contribution < 1.29 is 4.92 Å². The van der Waals surface area contributed by atoms with Gasteiger partial charge in [0.15, 0.2) is 0 Å². The summed E-state index contributed by atoms with van der Waals surface area (Å²) in [4.78, 5) is 11.3. The quantitative estimate of drug-likeness (QED) is 0.201. The molecule has 0 aliphatic heterocycles. The molecule has 0 unspecified atom stereocenters. The Kier molecular flexibility index (Phi) is 4.88. The number of nitro groups is 1. The maximum absolute atomic E-state index is 11.6. The molecule has 150 valence electrons. The fraction of sp³-hybridized carbons (Fsp3) is 0. The summed E-state index contributed by atoms with van der Waals surface area (Å²) in [5.74, 6) is 0. The van der Waals surface area contributed by atoms with Crippen LogP contribution in [-0.4, -0.2) is 9.49 Å². The van der Waals surface area contributed by atoms with Crippen LogP contribution in [0.3, 0.4) is 0 Å². The van der Waals surface area contributed by atoms with Gasteiger partial charge in [0.2, 0.25) is 0 Å². The number of aromatic nitrogens is 1. The first-order valence-corrected chi connectivity index (χ1v) is 10.6. The van der Waals surface area contributed by atoms with Crippen molar-refractivity contribution >= 4 is 32.5 Å². The first-order chi connectivity index (χ1) is 15.1. The lowest BCUT2D eigenvalue weighted by molar-refractivity contribution is -0.384. The molecular formula is C26H17BrN2O2. The highest BCUT2D eigenvalue weighted by Gasteiger charge is 2.18. The summed E-state index contributed by atoms with van der Waals surface area (Å²) in [5.41, 5.74) is 5.69. The lowest BCUT2D eigenvalue weighted by atomic mass is 10.0. The highest BCUT2D eigenvalue weighted by Crippen LogP contribution is 2.37. The number of hydrogen-bond acceptors (Lipinski definition) is 2. The number of nitro benzene ring substituents is 1. The standard InChI is InChI=1S/C26H17BrN2O2/c27-21-13-14-24(29(30)31)23(17-21)19-11-12-20-16-25(18-7-3-1-4-8-18)28(26(20)15-19)22-9-5-2-6-10-22/h1-17H. The Hall–Kier alpha value is -3.70. The van der Waals surface area contributed by atoms with Crippen molar-refractivity contribution in [2.75, 3.05) is 0 Å². The van der Waals surface area contributed by atoms with E-state index < -0.39 is 0 Å². The van der Waals surface area contributed by atoms with Crippen molar-refractivity contribution in [2.24, 2.45) is 0 Å². The molecule has 0 N–H and O–H groups in total. The van der Waals surface area contributed by atoms with E-state index in [1.165, 1.54) is 6.07 Å². The van der Waals surface area contributed by atoms with Crippen LogP contribution in [0.5, 0.6) is 0 Å². The average molecular weight is 469 g/mol. The SMILES string of the molecule is O=[N+]([O-])c1ccc(Br)cc1-c1ccc2cc(-c3ccccc3)n(-c3ccccc3)c2c1. The number of hydrogen-bond donors (Lipinski definition) is 0. The molecule has 31 heavy (non-hydrogen) atoms. The van der Waals surface area contributed by atoms with Gasteiger partial charge < -0.3 is 4.57 Å². The van der Waals surface area contributed by atoms with Crippen LogP contribution in [0.15, 0.2) is 108 Å². The van der Waals surface area contributed by atoms with Crippen LogP contribution in [0.25, 0.3) is 39.0 Å². The smallest absolute Gasteiger partial charge is 0.277 e. The Bertz CT molecular complexity index is 1410. The average Bonchev–Trinajstić information content (AvgIpc) is 3.19. The number of rotatable bonds is 4. The van der Waals surface area contributed by atoms with E-state index in [0.717, 1.165) is 37.9 Å². The predicted molar refractivity (Wildman–Crippen MR) is 129 cm³/mol. The summed E-state index contributed by atoms with van der Waals surface area (Å²) < 4.78 is 3.01. The third-order valence-electron chi connectivity index (χ3n) is 5.35. The third kappa shape index (κ3) is 3.53. The molecular weight excluding hydrogens is 452 g/mol. The van der Waals surface area contributed by atoms with E-state index in [-0.39, 0.29) is 10.6 Å². The third-order valence-corrected chi connectivity index (χ3v) is 5.85. The van der Waals surface area contributed by atoms with Gasteiger partial charge in [0.1, 0.15) is 0 Å². The van der Waals surface area contributed by atoms with E-state index in [2.05, 4.69) is 50.8 Å². The molecule has 1 aromatic heterocycles. The van der Waals surface area contributed by atoms with E-state index in [1.54, 1.807) is 12.1 Å². The summed E-state index contributed by atoms with van der Waals surface area (Å²) in [6.45, 7) is 0. The Labute approximate surface area is 187 Å². The normalized spacial score (nSPS) is 11.0. The van der Waals surface area contributed by atoms with Crippen LogP contribution in [0.2, 0.25) is 0 Å². The van der Waals surface area contributed by atoms with Crippen molar-refractivity contribution in [3.63, 3.8) is 0 Å². The minimum Gasteiger partial charge on any atom is -0.309 e. The molecule has 0 amide bonds. The van der Waals surface area contributed by atoms with Gasteiger partial charge >= 0.3 is 0 Å². The second-order valence-electron chi connectivity index (χ2n) is 7.26. The second-order valence-corrected chi connectivity index (χ2v) is 8.17. The van der Waals surface area contributed by atoms with Crippen molar-refractivity contribution in [1.82, 2.24) is 4.57 Å². The monoisotopic (exact) mass is 468 g/mol. The highest BCUT2D eigenvalue weighted by atomic mass is 79.9. The van der Waals surface area contributed by atoms with Gasteiger partial charge in [-0.2, -0.15) is 0 Å². The summed E-state index contributed by atoms with van der Waals surface area (Å²) >= 11 is 3.45. The minimum absolute atomic E-state index is 0.0867. The van der Waals surface area contributed by atoms with Gasteiger partial charge in [-0.25, -0.2) is 0 Å². The maximum Gasteiger partial charge on any atom is 0.277 e. The molecule has 1 heterocycles. The zero-order chi connectivity index (χ0) is 21.4. The molecule has 5 aromatic rings. The summed E-state index contributed by atoms with van der Waals surface area (Å²) in [5, 5.41) is 12.7. The topological polar surface area (TPSA) is 48.1 Å². The molecule has 5 heteroatoms. The van der Waals surface area contributed by atoms with Crippen molar-refractivity contribution in [3.05, 3.63) is 118 Å². The minimum atomic E-state index is -0.336. The number of benzene rings is 4. The zero-order valence-corrected chi connectivity index (χ0v) is 18.0. The number of fused-ring (bicyclic) bond motifs is 1. The van der Waals surface area contributed by atoms with Gasteiger partial charge in [-0.05, 0) is 47.5 Å². The van der Waals surface area contributed by atoms with E-state index in [1.807, 2.05) is 54.6 Å². The molecule has 0 spiro atoms. The zero-order valence-electron chi connectivity index (χ0n) is 16.4. The lowest BCUT2D eigenvalue weighted by Gasteiger charge is -2.12. The van der Waals surface area contributed by atoms with Crippen LogP contribution in [-0.2, 0) is 0 Å². The maximum atomic E-state index is 11.6. The Morgan fingerprint density at radius 1 is 0.742 bits per heavy atom. The van der Waals surface area contributed by atoms with Crippen LogP contribution < -0.4 is 0 Å². The fourth-order valence-corrected chi connectivity index (χ4v) is 4.30. The largest absolute Gasteiger partial charge is 0.309 e. The van der Waals surface area contributed by atoms with Crippen LogP contribution in [0.4, 0.5) is 5.69 Å². The summed E-state index contributed by atoms with van der Waals surface area (Å²) in [6, 6.07) is 33.6. The van der Waals surface area contributed by atoms with Crippen molar-refractivity contribution in [1.29, 1.82) is 0 Å². The molecule has 4 nitrogen and oxygen atoms in total. The van der Waals surface area contributed by atoms with Crippen LogP contribution in [0.1, 0.15) is 0 Å². The summed E-state index contributed by atoms with van der Waals surface area (Å²) in [7, 11) is 0. The molecule has 0 aliphatic carbocycles. The van der Waals surface area contributed by atoms with Gasteiger partial charge in [-0.3, -0.25) is 10.1 Å². The number of halogens is 1. The molecule has 0 atom stereocenters. The van der Waals surface area contributed by atoms with Crippen LogP contribution >= 0.6 is 15.9 Å². The molecule has 0 fully saturated rings. The molecule has 4 aromatic carbocycles. The van der Waals surface area contributed by atoms with Gasteiger partial charge in [-0.15, -0.1) is 0 Å². The fourth-order valence-electron chi connectivity index (χ4n) is 3.94. The van der Waals surface area contributed by atoms with E-state index >= 15 is 0 Å². The first kappa shape index (κ1) is 19.3. The van der Waals surface area contributed by atoms with Gasteiger partial charge in [-0.1, -0.05) is 76.6 Å².